The second-order valence-electron chi connectivity index (χ2n) is 7.98. The lowest BCUT2D eigenvalue weighted by atomic mass is 9.99. The first-order valence-corrected chi connectivity index (χ1v) is 10.7. The molecule has 0 bridgehead atoms. The van der Waals surface area contributed by atoms with Gasteiger partial charge in [-0.1, -0.05) is 36.4 Å². The van der Waals surface area contributed by atoms with Crippen LogP contribution in [0, 0.1) is 0 Å². The molecule has 0 N–H and O–H groups in total. The summed E-state index contributed by atoms with van der Waals surface area (Å²) >= 11 is 0. The maximum absolute atomic E-state index is 13.7. The summed E-state index contributed by atoms with van der Waals surface area (Å²) in [6.07, 6.45) is -1.08. The van der Waals surface area contributed by atoms with E-state index < -0.39 is 11.7 Å². The van der Waals surface area contributed by atoms with Crippen molar-refractivity contribution in [1.29, 1.82) is 0 Å². The van der Waals surface area contributed by atoms with E-state index in [0.717, 1.165) is 23.4 Å². The third kappa shape index (κ3) is 3.83. The minimum absolute atomic E-state index is 0.0425. The number of methoxy groups -OCH3 is 1. The number of carbonyl (C=O) groups is 1. The Hall–Kier alpha value is -4.01. The Kier molecular flexibility index (Phi) is 5.39. The molecule has 174 valence electrons. The smallest absolute Gasteiger partial charge is 0.416 e. The van der Waals surface area contributed by atoms with E-state index in [9.17, 15) is 18.0 Å². The summed E-state index contributed by atoms with van der Waals surface area (Å²) in [5.41, 5.74) is 1.35. The second kappa shape index (κ2) is 8.40. The van der Waals surface area contributed by atoms with Gasteiger partial charge in [0.1, 0.15) is 0 Å². The number of rotatable bonds is 4. The highest BCUT2D eigenvalue weighted by Crippen LogP contribution is 2.35. The van der Waals surface area contributed by atoms with E-state index in [1.165, 1.54) is 30.1 Å². The van der Waals surface area contributed by atoms with Crippen LogP contribution < -0.4 is 4.74 Å². The number of halogens is 3. The zero-order chi connectivity index (χ0) is 23.9. The van der Waals surface area contributed by atoms with E-state index in [0.29, 0.717) is 13.1 Å². The fourth-order valence-electron chi connectivity index (χ4n) is 4.34. The van der Waals surface area contributed by atoms with Gasteiger partial charge in [-0.2, -0.15) is 18.3 Å². The molecule has 0 aliphatic carbocycles. The number of amides is 1. The third-order valence-electron chi connectivity index (χ3n) is 5.96. The molecule has 1 amide bonds. The molecule has 4 aromatic rings. The lowest BCUT2D eigenvalue weighted by molar-refractivity contribution is -0.137. The summed E-state index contributed by atoms with van der Waals surface area (Å²) in [4.78, 5) is 15.5. The van der Waals surface area contributed by atoms with Crippen molar-refractivity contribution in [3.05, 3.63) is 102 Å². The van der Waals surface area contributed by atoms with E-state index in [1.54, 1.807) is 4.90 Å². The Labute approximate surface area is 193 Å². The Bertz CT molecular complexity index is 1330. The van der Waals surface area contributed by atoms with Crippen LogP contribution in [0.3, 0.4) is 0 Å². The summed E-state index contributed by atoms with van der Waals surface area (Å²) in [5, 5.41) is 4.35. The summed E-state index contributed by atoms with van der Waals surface area (Å²) in [6, 6.07) is 18.1. The van der Waals surface area contributed by atoms with Crippen molar-refractivity contribution >= 4 is 5.91 Å². The molecule has 5 rings (SSSR count). The van der Waals surface area contributed by atoms with Crippen molar-refractivity contribution in [2.75, 3.05) is 13.7 Å². The first kappa shape index (κ1) is 21.8. The minimum Gasteiger partial charge on any atom is -0.493 e. The van der Waals surface area contributed by atoms with Crippen LogP contribution in [0.5, 0.6) is 5.75 Å². The highest BCUT2D eigenvalue weighted by molar-refractivity contribution is 5.95. The van der Waals surface area contributed by atoms with Crippen LogP contribution in [0.15, 0.2) is 79.1 Å². The molecule has 1 atom stereocenters. The number of carbonyl (C=O) groups excluding carboxylic acids is 1. The van der Waals surface area contributed by atoms with Gasteiger partial charge in [-0.25, -0.2) is 4.68 Å². The number of nitrogens with zero attached hydrogens (tertiary/aromatic N) is 4. The molecule has 0 saturated heterocycles. The summed E-state index contributed by atoms with van der Waals surface area (Å²) in [7, 11) is 1.40. The fraction of sp³-hybridized carbons (Fsp3) is 0.200. The van der Waals surface area contributed by atoms with E-state index in [4.69, 9.17) is 4.74 Å². The number of aromatic nitrogens is 3. The van der Waals surface area contributed by atoms with Gasteiger partial charge in [0.15, 0.2) is 11.4 Å². The van der Waals surface area contributed by atoms with Gasteiger partial charge in [0.25, 0.3) is 5.91 Å². The van der Waals surface area contributed by atoms with Crippen molar-refractivity contribution in [2.45, 2.75) is 18.8 Å². The van der Waals surface area contributed by atoms with Gasteiger partial charge in [-0.15, -0.1) is 0 Å². The largest absolute Gasteiger partial charge is 0.493 e. The van der Waals surface area contributed by atoms with Crippen LogP contribution in [0.1, 0.15) is 33.4 Å². The number of alkyl halides is 3. The monoisotopic (exact) mass is 466 g/mol. The van der Waals surface area contributed by atoms with Gasteiger partial charge in [0.2, 0.25) is 0 Å². The first-order valence-electron chi connectivity index (χ1n) is 10.7. The minimum atomic E-state index is -4.49. The SMILES string of the molecule is COc1cn(-c2cccc(C(F)(F)F)c2)nc1C(=O)N1CCn2cccc2C1c1ccccc1. The van der Waals surface area contributed by atoms with Crippen molar-refractivity contribution in [2.24, 2.45) is 0 Å². The van der Waals surface area contributed by atoms with Gasteiger partial charge in [0, 0.05) is 25.0 Å². The Balaban J connectivity index is 1.54. The average molecular weight is 466 g/mol. The fourth-order valence-corrected chi connectivity index (χ4v) is 4.34. The highest BCUT2D eigenvalue weighted by Gasteiger charge is 2.35. The molecule has 2 aromatic heterocycles. The van der Waals surface area contributed by atoms with Gasteiger partial charge < -0.3 is 14.2 Å². The standard InChI is InChI=1S/C25H21F3N4O2/c1-34-21-16-32(19-10-5-9-18(15-19)25(26,27)28)29-22(21)24(33)31-14-13-30-12-6-11-20(30)23(31)17-7-3-2-4-8-17/h2-12,15-16,23H,13-14H2,1H3. The number of ether oxygens (including phenoxy) is 1. The highest BCUT2D eigenvalue weighted by atomic mass is 19.4. The summed E-state index contributed by atoms with van der Waals surface area (Å²) < 4.78 is 48.3. The predicted octanol–water partition coefficient (Wildman–Crippen LogP) is 4.95. The van der Waals surface area contributed by atoms with E-state index in [1.807, 2.05) is 48.7 Å². The van der Waals surface area contributed by atoms with Gasteiger partial charge >= 0.3 is 6.18 Å². The summed E-state index contributed by atoms with van der Waals surface area (Å²) in [6.45, 7) is 1.06. The van der Waals surface area contributed by atoms with Crippen LogP contribution in [-0.4, -0.2) is 38.8 Å². The molecule has 1 aliphatic rings. The molecule has 6 nitrogen and oxygen atoms in total. The van der Waals surface area contributed by atoms with E-state index in [2.05, 4.69) is 9.67 Å². The number of fused-ring (bicyclic) bond motifs is 1. The van der Waals surface area contributed by atoms with Crippen LogP contribution in [0.2, 0.25) is 0 Å². The molecular weight excluding hydrogens is 445 g/mol. The maximum Gasteiger partial charge on any atom is 0.416 e. The van der Waals surface area contributed by atoms with Gasteiger partial charge in [0.05, 0.1) is 30.6 Å². The molecule has 1 aliphatic heterocycles. The number of hydrogen-bond donors (Lipinski definition) is 0. The molecular formula is C25H21F3N4O2. The summed E-state index contributed by atoms with van der Waals surface area (Å²) in [5.74, 6) is -0.168. The normalized spacial score (nSPS) is 15.8. The van der Waals surface area contributed by atoms with E-state index in [-0.39, 0.29) is 29.1 Å². The van der Waals surface area contributed by atoms with Gasteiger partial charge in [-0.05, 0) is 35.9 Å². The molecule has 0 saturated carbocycles. The van der Waals surface area contributed by atoms with Crippen LogP contribution >= 0.6 is 0 Å². The van der Waals surface area contributed by atoms with Crippen molar-refractivity contribution < 1.29 is 22.7 Å². The third-order valence-corrected chi connectivity index (χ3v) is 5.96. The lowest BCUT2D eigenvalue weighted by Gasteiger charge is -2.37. The topological polar surface area (TPSA) is 52.3 Å². The van der Waals surface area contributed by atoms with Crippen LogP contribution in [-0.2, 0) is 12.7 Å². The Morgan fingerprint density at radius 1 is 1.03 bits per heavy atom. The predicted molar refractivity (Wildman–Crippen MR) is 119 cm³/mol. The second-order valence-corrected chi connectivity index (χ2v) is 7.98. The number of hydrogen-bond acceptors (Lipinski definition) is 3. The molecule has 34 heavy (non-hydrogen) atoms. The van der Waals surface area contributed by atoms with E-state index >= 15 is 0 Å². The Morgan fingerprint density at radius 2 is 1.82 bits per heavy atom. The maximum atomic E-state index is 13.7. The molecule has 3 heterocycles. The molecule has 1 unspecified atom stereocenters. The zero-order valence-corrected chi connectivity index (χ0v) is 18.2. The van der Waals surface area contributed by atoms with Crippen molar-refractivity contribution in [1.82, 2.24) is 19.2 Å². The quantitative estimate of drug-likeness (QED) is 0.428. The first-order chi connectivity index (χ1) is 16.4. The average Bonchev–Trinajstić information content (AvgIpc) is 3.50. The lowest BCUT2D eigenvalue weighted by Crippen LogP contribution is -2.42. The van der Waals surface area contributed by atoms with Gasteiger partial charge in [-0.3, -0.25) is 4.79 Å². The van der Waals surface area contributed by atoms with Crippen LogP contribution in [0.4, 0.5) is 13.2 Å². The molecule has 9 heteroatoms. The van der Waals surface area contributed by atoms with Crippen LogP contribution in [0.25, 0.3) is 5.69 Å². The molecule has 0 fully saturated rings. The zero-order valence-electron chi connectivity index (χ0n) is 18.2. The molecule has 0 spiro atoms. The molecule has 2 aromatic carbocycles. The van der Waals surface area contributed by atoms with Crippen molar-refractivity contribution in [3.63, 3.8) is 0 Å². The number of benzene rings is 2. The molecule has 0 radical (unpaired) electrons. The Morgan fingerprint density at radius 3 is 2.56 bits per heavy atom. The van der Waals surface area contributed by atoms with Crippen molar-refractivity contribution in [3.8, 4) is 11.4 Å².